The van der Waals surface area contributed by atoms with Crippen LogP contribution in [0.3, 0.4) is 0 Å². The van der Waals surface area contributed by atoms with Crippen LogP contribution < -0.4 is 10.5 Å². The number of hydrogen-bond donors (Lipinski definition) is 2. The molecule has 0 spiro atoms. The summed E-state index contributed by atoms with van der Waals surface area (Å²) < 4.78 is 5.31. The zero-order chi connectivity index (χ0) is 14.4. The van der Waals surface area contributed by atoms with Crippen molar-refractivity contribution < 1.29 is 14.7 Å². The van der Waals surface area contributed by atoms with Crippen molar-refractivity contribution in [2.75, 3.05) is 13.7 Å². The molecule has 0 aliphatic heterocycles. The number of amidine groups is 1. The Morgan fingerprint density at radius 1 is 1.63 bits per heavy atom. The number of carbonyl (C=O) groups is 1. The van der Waals surface area contributed by atoms with Crippen LogP contribution in [0.25, 0.3) is 0 Å². The molecule has 0 bridgehead atoms. The van der Waals surface area contributed by atoms with Crippen LogP contribution in [0.5, 0.6) is 5.75 Å². The van der Waals surface area contributed by atoms with Crippen LogP contribution in [0.1, 0.15) is 6.92 Å². The number of rotatable bonds is 5. The molecule has 1 aromatic rings. The number of nitrogens with two attached hydrogens (primary N) is 1. The Morgan fingerprint density at radius 3 is 2.89 bits per heavy atom. The molecule has 1 aromatic carbocycles. The number of nitrogens with zero attached hydrogens (tertiary/aromatic N) is 2. The lowest BCUT2D eigenvalue weighted by Gasteiger charge is -2.23. The highest BCUT2D eigenvalue weighted by Gasteiger charge is 2.19. The zero-order valence-corrected chi connectivity index (χ0v) is 11.5. The first-order chi connectivity index (χ1) is 8.95. The highest BCUT2D eigenvalue weighted by Crippen LogP contribution is 2.17. The predicted molar refractivity (Wildman–Crippen MR) is 72.6 cm³/mol. The van der Waals surface area contributed by atoms with E-state index in [2.05, 4.69) is 5.16 Å². The molecule has 0 aromatic heterocycles. The van der Waals surface area contributed by atoms with Gasteiger partial charge in [0.2, 0.25) is 0 Å². The molecular formula is C12H16ClN3O3. The molecule has 3 N–H and O–H groups in total. The quantitative estimate of drug-likeness (QED) is 0.369. The van der Waals surface area contributed by atoms with E-state index in [0.29, 0.717) is 10.8 Å². The molecule has 0 fully saturated rings. The van der Waals surface area contributed by atoms with E-state index in [1.165, 1.54) is 4.90 Å². The second-order valence-corrected chi connectivity index (χ2v) is 4.39. The summed E-state index contributed by atoms with van der Waals surface area (Å²) in [6.07, 6.45) is 0. The minimum Gasteiger partial charge on any atom is -0.484 e. The Morgan fingerprint density at radius 2 is 2.32 bits per heavy atom. The van der Waals surface area contributed by atoms with Crippen LogP contribution in [-0.2, 0) is 4.79 Å². The molecule has 1 rings (SSSR count). The number of carbonyl (C=O) groups excluding carboxylic acids is 1. The maximum atomic E-state index is 11.8. The summed E-state index contributed by atoms with van der Waals surface area (Å²) in [4.78, 5) is 13.2. The molecule has 1 atom stereocenters. The lowest BCUT2D eigenvalue weighted by molar-refractivity contribution is -0.132. The Balaban J connectivity index is 2.56. The highest BCUT2D eigenvalue weighted by molar-refractivity contribution is 6.30. The van der Waals surface area contributed by atoms with Gasteiger partial charge >= 0.3 is 0 Å². The van der Waals surface area contributed by atoms with Crippen LogP contribution >= 0.6 is 11.6 Å². The fraction of sp³-hybridized carbons (Fsp3) is 0.333. The third-order valence-electron chi connectivity index (χ3n) is 2.68. The van der Waals surface area contributed by atoms with E-state index in [4.69, 9.17) is 27.3 Å². The number of ether oxygens (including phenoxy) is 1. The second kappa shape index (κ2) is 6.84. The van der Waals surface area contributed by atoms with Crippen molar-refractivity contribution in [2.24, 2.45) is 10.9 Å². The number of oxime groups is 1. The summed E-state index contributed by atoms with van der Waals surface area (Å²) in [6.45, 7) is 1.49. The molecule has 0 radical (unpaired) electrons. The molecule has 0 aliphatic carbocycles. The van der Waals surface area contributed by atoms with Crippen molar-refractivity contribution in [3.63, 3.8) is 0 Å². The molecule has 19 heavy (non-hydrogen) atoms. The Labute approximate surface area is 116 Å². The van der Waals surface area contributed by atoms with E-state index in [9.17, 15) is 4.79 Å². The fourth-order valence-electron chi connectivity index (χ4n) is 1.30. The van der Waals surface area contributed by atoms with Gasteiger partial charge in [0.25, 0.3) is 5.91 Å². The number of halogens is 1. The van der Waals surface area contributed by atoms with Gasteiger partial charge in [-0.1, -0.05) is 22.8 Å². The maximum absolute atomic E-state index is 11.8. The molecule has 104 valence electrons. The fourth-order valence-corrected chi connectivity index (χ4v) is 1.48. The molecule has 1 amide bonds. The molecular weight excluding hydrogens is 270 g/mol. The summed E-state index contributed by atoms with van der Waals surface area (Å²) in [5.41, 5.74) is 5.43. The van der Waals surface area contributed by atoms with Crippen LogP contribution in [0, 0.1) is 0 Å². The van der Waals surface area contributed by atoms with Crippen LogP contribution in [0.15, 0.2) is 29.4 Å². The van der Waals surface area contributed by atoms with Crippen molar-refractivity contribution in [3.05, 3.63) is 29.3 Å². The first kappa shape index (κ1) is 15.1. The maximum Gasteiger partial charge on any atom is 0.260 e. The Kier molecular flexibility index (Phi) is 5.44. The third-order valence-corrected chi connectivity index (χ3v) is 2.91. The monoisotopic (exact) mass is 285 g/mol. The Hall–Kier alpha value is -1.95. The number of likely N-dealkylation sites (N-methyl/N-ethyl adjacent to an activating group) is 1. The average Bonchev–Trinajstić information content (AvgIpc) is 2.42. The molecule has 1 unspecified atom stereocenters. The molecule has 0 aliphatic rings. The van der Waals surface area contributed by atoms with E-state index in [1.54, 1.807) is 38.2 Å². The third kappa shape index (κ3) is 4.33. The number of hydrogen-bond acceptors (Lipinski definition) is 4. The normalized spacial score (nSPS) is 12.9. The van der Waals surface area contributed by atoms with Crippen molar-refractivity contribution in [1.82, 2.24) is 4.90 Å². The number of amides is 1. The van der Waals surface area contributed by atoms with Gasteiger partial charge in [-0.05, 0) is 25.1 Å². The summed E-state index contributed by atoms with van der Waals surface area (Å²) >= 11 is 5.80. The average molecular weight is 286 g/mol. The standard InChI is InChI=1S/C12H16ClN3O3/c1-8(12(14)15-18)16(2)11(17)7-19-10-5-3-4-9(13)6-10/h3-6,8,18H,7H2,1-2H3,(H2,14,15). The summed E-state index contributed by atoms with van der Waals surface area (Å²) in [5.74, 6) is 0.170. The van der Waals surface area contributed by atoms with E-state index < -0.39 is 6.04 Å². The van der Waals surface area contributed by atoms with Gasteiger partial charge in [-0.3, -0.25) is 4.79 Å². The molecule has 6 nitrogen and oxygen atoms in total. The topological polar surface area (TPSA) is 88.2 Å². The smallest absolute Gasteiger partial charge is 0.260 e. The van der Waals surface area contributed by atoms with Gasteiger partial charge in [0.05, 0.1) is 6.04 Å². The number of benzene rings is 1. The van der Waals surface area contributed by atoms with Crippen LogP contribution in [0.2, 0.25) is 5.02 Å². The Bertz CT molecular complexity index is 479. The first-order valence-corrected chi connectivity index (χ1v) is 5.95. The summed E-state index contributed by atoms with van der Waals surface area (Å²) in [5, 5.41) is 11.9. The van der Waals surface area contributed by atoms with Crippen molar-refractivity contribution in [2.45, 2.75) is 13.0 Å². The van der Waals surface area contributed by atoms with Gasteiger partial charge < -0.3 is 20.6 Å². The molecule has 0 saturated heterocycles. The van der Waals surface area contributed by atoms with Crippen molar-refractivity contribution >= 4 is 23.3 Å². The largest absolute Gasteiger partial charge is 0.484 e. The van der Waals surface area contributed by atoms with E-state index in [0.717, 1.165) is 0 Å². The lowest BCUT2D eigenvalue weighted by atomic mass is 10.3. The van der Waals surface area contributed by atoms with Gasteiger partial charge in [0.1, 0.15) is 5.75 Å². The van der Waals surface area contributed by atoms with E-state index in [-0.39, 0.29) is 18.3 Å². The van der Waals surface area contributed by atoms with Gasteiger partial charge in [-0.15, -0.1) is 0 Å². The molecule has 0 saturated carbocycles. The summed E-state index contributed by atoms with van der Waals surface area (Å²) in [7, 11) is 1.55. The van der Waals surface area contributed by atoms with Crippen LogP contribution in [0.4, 0.5) is 0 Å². The van der Waals surface area contributed by atoms with Crippen molar-refractivity contribution in [1.29, 1.82) is 0 Å². The van der Waals surface area contributed by atoms with E-state index >= 15 is 0 Å². The minimum absolute atomic E-state index is 0.0430. The lowest BCUT2D eigenvalue weighted by Crippen LogP contribution is -2.45. The van der Waals surface area contributed by atoms with Gasteiger partial charge in [-0.25, -0.2) is 0 Å². The minimum atomic E-state index is -0.513. The zero-order valence-electron chi connectivity index (χ0n) is 10.7. The summed E-state index contributed by atoms with van der Waals surface area (Å²) in [6, 6.07) is 6.24. The van der Waals surface area contributed by atoms with Crippen molar-refractivity contribution in [3.8, 4) is 5.75 Å². The van der Waals surface area contributed by atoms with E-state index in [1.807, 2.05) is 0 Å². The van der Waals surface area contributed by atoms with Gasteiger partial charge in [0, 0.05) is 12.1 Å². The molecule has 7 heteroatoms. The molecule has 0 heterocycles. The predicted octanol–water partition coefficient (Wildman–Crippen LogP) is 1.31. The highest BCUT2D eigenvalue weighted by atomic mass is 35.5. The second-order valence-electron chi connectivity index (χ2n) is 3.95. The van der Waals surface area contributed by atoms with Gasteiger partial charge in [-0.2, -0.15) is 0 Å². The SMILES string of the molecule is CC(/C(N)=N/O)N(C)C(=O)COc1cccc(Cl)c1. The van der Waals surface area contributed by atoms with Crippen LogP contribution in [-0.4, -0.2) is 41.5 Å². The first-order valence-electron chi connectivity index (χ1n) is 5.57. The van der Waals surface area contributed by atoms with Gasteiger partial charge in [0.15, 0.2) is 12.4 Å².